The number of para-hydroxylation sites is 1. The molecule has 0 bridgehead atoms. The summed E-state index contributed by atoms with van der Waals surface area (Å²) >= 11 is 0. The van der Waals surface area contributed by atoms with E-state index in [1.165, 1.54) is 24.3 Å². The third-order valence-electron chi connectivity index (χ3n) is 3.24. The molecule has 8 heteroatoms. The first-order valence-electron chi connectivity index (χ1n) is 6.61. The quantitative estimate of drug-likeness (QED) is 0.223. The maximum atomic E-state index is 10.8. The van der Waals surface area contributed by atoms with Crippen LogP contribution in [0.5, 0.6) is 5.88 Å². The highest BCUT2D eigenvalue weighted by Crippen LogP contribution is 2.35. The van der Waals surface area contributed by atoms with E-state index in [0.29, 0.717) is 10.9 Å². The number of rotatable bonds is 3. The van der Waals surface area contributed by atoms with Crippen LogP contribution in [-0.2, 0) is 0 Å². The second kappa shape index (κ2) is 5.68. The number of benzene rings is 2. The van der Waals surface area contributed by atoms with Crippen LogP contribution in [0.15, 0.2) is 58.8 Å². The highest BCUT2D eigenvalue weighted by Gasteiger charge is 2.11. The molecule has 0 unspecified atom stereocenters. The molecule has 0 aliphatic carbocycles. The predicted molar refractivity (Wildman–Crippen MR) is 84.4 cm³/mol. The molecule has 0 aliphatic heterocycles. The zero-order valence-electron chi connectivity index (χ0n) is 11.7. The van der Waals surface area contributed by atoms with Gasteiger partial charge in [0.15, 0.2) is 11.5 Å². The van der Waals surface area contributed by atoms with E-state index in [-0.39, 0.29) is 28.7 Å². The number of hydrogen-bond acceptors (Lipinski definition) is 5. The summed E-state index contributed by atoms with van der Waals surface area (Å²) in [5, 5.41) is 36.8. The number of amidine groups is 1. The number of H-pyrrole nitrogens is 1. The first kappa shape index (κ1) is 14.4. The summed E-state index contributed by atoms with van der Waals surface area (Å²) < 4.78 is 0. The number of aromatic nitrogens is 1. The van der Waals surface area contributed by atoms with Gasteiger partial charge >= 0.3 is 0 Å². The Balaban J connectivity index is 1.93. The van der Waals surface area contributed by atoms with Crippen molar-refractivity contribution in [3.63, 3.8) is 0 Å². The van der Waals surface area contributed by atoms with E-state index in [1.807, 2.05) is 6.07 Å². The van der Waals surface area contributed by atoms with Gasteiger partial charge in [-0.1, -0.05) is 30.3 Å². The Morgan fingerprint density at radius 3 is 2.78 bits per heavy atom. The Morgan fingerprint density at radius 1 is 1.22 bits per heavy atom. The summed E-state index contributed by atoms with van der Waals surface area (Å²) in [6, 6.07) is 12.7. The zero-order valence-corrected chi connectivity index (χ0v) is 11.7. The van der Waals surface area contributed by atoms with Gasteiger partial charge in [-0.3, -0.25) is 15.5 Å². The molecule has 0 atom stereocenters. The minimum Gasteiger partial charge on any atom is -0.493 e. The number of nitro benzene ring substituents is 1. The van der Waals surface area contributed by atoms with Gasteiger partial charge in [-0.05, 0) is 6.07 Å². The average molecular weight is 309 g/mol. The minimum atomic E-state index is -0.542. The largest absolute Gasteiger partial charge is 0.493 e. The van der Waals surface area contributed by atoms with E-state index < -0.39 is 4.92 Å². The lowest BCUT2D eigenvalue weighted by Gasteiger charge is -1.97. The van der Waals surface area contributed by atoms with Crippen LogP contribution in [0.1, 0.15) is 5.56 Å². The number of hydrogen-bond donors (Lipinski definition) is 3. The summed E-state index contributed by atoms with van der Waals surface area (Å²) in [5.41, 5.74) is 1.05. The van der Waals surface area contributed by atoms with E-state index >= 15 is 0 Å². The molecule has 0 amide bonds. The number of azo groups is 1. The molecule has 0 aliphatic rings. The van der Waals surface area contributed by atoms with Gasteiger partial charge in [0.25, 0.3) is 5.69 Å². The van der Waals surface area contributed by atoms with Gasteiger partial charge < -0.3 is 10.1 Å². The molecular weight excluding hydrogens is 298 g/mol. The van der Waals surface area contributed by atoms with Crippen molar-refractivity contribution < 1.29 is 10.0 Å². The SMILES string of the molecule is N=C(N=Nc1c(O)[nH]c2ccccc12)c1cccc([N+](=O)[O-])c1. The molecule has 23 heavy (non-hydrogen) atoms. The van der Waals surface area contributed by atoms with Gasteiger partial charge in [-0.15, -0.1) is 10.2 Å². The predicted octanol–water partition coefficient (Wildman–Crippen LogP) is 3.89. The van der Waals surface area contributed by atoms with Crippen molar-refractivity contribution in [1.82, 2.24) is 4.98 Å². The molecule has 3 rings (SSSR count). The van der Waals surface area contributed by atoms with Gasteiger partial charge in [0.2, 0.25) is 5.88 Å². The highest BCUT2D eigenvalue weighted by molar-refractivity contribution is 5.98. The Bertz CT molecular complexity index is 945. The number of nitrogens with zero attached hydrogens (tertiary/aromatic N) is 3. The second-order valence-corrected chi connectivity index (χ2v) is 4.72. The molecule has 1 heterocycles. The lowest BCUT2D eigenvalue weighted by Crippen LogP contribution is -1.96. The maximum absolute atomic E-state index is 10.8. The molecule has 0 radical (unpaired) electrons. The molecule has 3 aromatic rings. The minimum absolute atomic E-state index is 0.127. The topological polar surface area (TPSA) is 128 Å². The molecule has 0 saturated heterocycles. The number of fused-ring (bicyclic) bond motifs is 1. The van der Waals surface area contributed by atoms with E-state index in [9.17, 15) is 15.2 Å². The standard InChI is InChI=1S/C15H11N5O3/c16-14(9-4-3-5-10(8-9)20(22)23)19-18-13-11-6-1-2-7-12(11)17-15(13)21/h1-8,16-17,21H. The van der Waals surface area contributed by atoms with Crippen LogP contribution in [0.2, 0.25) is 0 Å². The lowest BCUT2D eigenvalue weighted by atomic mass is 10.2. The van der Waals surface area contributed by atoms with E-state index in [2.05, 4.69) is 15.2 Å². The van der Waals surface area contributed by atoms with Crippen molar-refractivity contribution in [2.75, 3.05) is 0 Å². The van der Waals surface area contributed by atoms with Crippen LogP contribution in [0.25, 0.3) is 10.9 Å². The number of non-ortho nitro benzene ring substituents is 1. The number of nitro groups is 1. The monoisotopic (exact) mass is 309 g/mol. The van der Waals surface area contributed by atoms with E-state index in [4.69, 9.17) is 5.41 Å². The highest BCUT2D eigenvalue weighted by atomic mass is 16.6. The van der Waals surface area contributed by atoms with Crippen LogP contribution < -0.4 is 0 Å². The molecule has 8 nitrogen and oxygen atoms in total. The summed E-state index contributed by atoms with van der Waals surface area (Å²) in [6.07, 6.45) is 0. The van der Waals surface area contributed by atoms with Gasteiger partial charge in [-0.25, -0.2) is 0 Å². The van der Waals surface area contributed by atoms with Crippen molar-refractivity contribution in [3.05, 3.63) is 64.2 Å². The van der Waals surface area contributed by atoms with Crippen molar-refractivity contribution in [3.8, 4) is 5.88 Å². The molecule has 0 spiro atoms. The fraction of sp³-hybridized carbons (Fsp3) is 0. The fourth-order valence-electron chi connectivity index (χ4n) is 2.14. The number of nitrogens with one attached hydrogen (secondary N) is 2. The molecule has 3 N–H and O–H groups in total. The summed E-state index contributed by atoms with van der Waals surface area (Å²) in [5.74, 6) is -0.389. The van der Waals surface area contributed by atoms with Gasteiger partial charge in [0, 0.05) is 23.1 Å². The van der Waals surface area contributed by atoms with Gasteiger partial charge in [0.05, 0.1) is 10.4 Å². The summed E-state index contributed by atoms with van der Waals surface area (Å²) in [6.45, 7) is 0. The Morgan fingerprint density at radius 2 is 2.00 bits per heavy atom. The number of aromatic hydroxyl groups is 1. The smallest absolute Gasteiger partial charge is 0.270 e. The summed E-state index contributed by atoms with van der Waals surface area (Å²) in [4.78, 5) is 13.0. The third-order valence-corrected chi connectivity index (χ3v) is 3.24. The first-order valence-corrected chi connectivity index (χ1v) is 6.61. The molecule has 0 fully saturated rings. The van der Waals surface area contributed by atoms with Gasteiger partial charge in [0.1, 0.15) is 0 Å². The average Bonchev–Trinajstić information content (AvgIpc) is 2.88. The van der Waals surface area contributed by atoms with Crippen LogP contribution in [0.3, 0.4) is 0 Å². The van der Waals surface area contributed by atoms with E-state index in [1.54, 1.807) is 18.2 Å². The fourth-order valence-corrected chi connectivity index (χ4v) is 2.14. The summed E-state index contributed by atoms with van der Waals surface area (Å²) in [7, 11) is 0. The van der Waals surface area contributed by atoms with Crippen molar-refractivity contribution in [1.29, 1.82) is 5.41 Å². The maximum Gasteiger partial charge on any atom is 0.270 e. The lowest BCUT2D eigenvalue weighted by molar-refractivity contribution is -0.384. The second-order valence-electron chi connectivity index (χ2n) is 4.72. The molecule has 1 aromatic heterocycles. The van der Waals surface area contributed by atoms with E-state index in [0.717, 1.165) is 0 Å². The molecule has 0 saturated carbocycles. The normalized spacial score (nSPS) is 11.1. The Labute approximate surface area is 129 Å². The number of aromatic amines is 1. The Kier molecular flexibility index (Phi) is 3.55. The van der Waals surface area contributed by atoms with Crippen LogP contribution >= 0.6 is 0 Å². The molecule has 2 aromatic carbocycles. The zero-order chi connectivity index (χ0) is 16.4. The van der Waals surface area contributed by atoms with Crippen molar-refractivity contribution in [2.45, 2.75) is 0 Å². The third kappa shape index (κ3) is 2.77. The van der Waals surface area contributed by atoms with Crippen LogP contribution in [-0.4, -0.2) is 20.8 Å². The molecule has 114 valence electrons. The van der Waals surface area contributed by atoms with Crippen LogP contribution in [0.4, 0.5) is 11.4 Å². The van der Waals surface area contributed by atoms with Crippen molar-refractivity contribution in [2.24, 2.45) is 10.2 Å². The molecular formula is C15H11N5O3. The Hall–Kier alpha value is -3.55. The first-order chi connectivity index (χ1) is 11.1. The van der Waals surface area contributed by atoms with Crippen LogP contribution in [0, 0.1) is 15.5 Å². The van der Waals surface area contributed by atoms with Crippen molar-refractivity contribution >= 4 is 28.1 Å². The van der Waals surface area contributed by atoms with Gasteiger partial charge in [-0.2, -0.15) is 0 Å².